The average molecular weight is 689 g/mol. The van der Waals surface area contributed by atoms with Crippen molar-refractivity contribution >= 4 is 76.1 Å². The van der Waals surface area contributed by atoms with Crippen LogP contribution in [0.1, 0.15) is 0 Å². The lowest BCUT2D eigenvalue weighted by atomic mass is 9.91. The lowest BCUT2D eigenvalue weighted by Crippen LogP contribution is -2.04. The molecular weight excluding hydrogens is 661 g/mol. The molecule has 250 valence electrons. The lowest BCUT2D eigenvalue weighted by Gasteiger charge is -2.16. The van der Waals surface area contributed by atoms with Gasteiger partial charge in [-0.1, -0.05) is 140 Å². The number of fused-ring (bicyclic) bond motifs is 8. The molecule has 0 spiro atoms. The number of benzene rings is 9. The Kier molecular flexibility index (Phi) is 5.99. The van der Waals surface area contributed by atoms with Gasteiger partial charge in [0.15, 0.2) is 17.5 Å². The van der Waals surface area contributed by atoms with Gasteiger partial charge in [0, 0.05) is 38.1 Å². The fourth-order valence-electron chi connectivity index (χ4n) is 8.72. The van der Waals surface area contributed by atoms with Crippen molar-refractivity contribution in [3.05, 3.63) is 170 Å². The highest BCUT2D eigenvalue weighted by Crippen LogP contribution is 2.48. The maximum absolute atomic E-state index is 6.56. The molecule has 0 unspecified atom stereocenters. The molecule has 12 aromatic rings. The normalized spacial score (nSPS) is 12.1. The van der Waals surface area contributed by atoms with Crippen molar-refractivity contribution in [2.45, 2.75) is 0 Å². The molecule has 0 fully saturated rings. The number of hydrogen-bond donors (Lipinski definition) is 0. The summed E-state index contributed by atoms with van der Waals surface area (Å²) in [7, 11) is 0. The summed E-state index contributed by atoms with van der Waals surface area (Å²) >= 11 is 0. The summed E-state index contributed by atoms with van der Waals surface area (Å²) < 4.78 is 8.99. The predicted molar refractivity (Wildman–Crippen MR) is 221 cm³/mol. The Morgan fingerprint density at radius 1 is 0.370 bits per heavy atom. The van der Waals surface area contributed by atoms with E-state index in [0.717, 1.165) is 55.3 Å². The van der Waals surface area contributed by atoms with Gasteiger partial charge in [0.25, 0.3) is 0 Å². The van der Waals surface area contributed by atoms with Crippen molar-refractivity contribution in [3.8, 4) is 39.9 Å². The van der Waals surface area contributed by atoms with Gasteiger partial charge < -0.3 is 8.98 Å². The molecule has 12 rings (SSSR count). The molecule has 0 amide bonds. The van der Waals surface area contributed by atoms with Crippen LogP contribution in [0.25, 0.3) is 116 Å². The first-order valence-electron chi connectivity index (χ1n) is 18.2. The molecule has 0 aliphatic carbocycles. The Bertz CT molecular complexity index is 3370. The Labute approximate surface area is 308 Å². The second-order valence-electron chi connectivity index (χ2n) is 13.9. The highest BCUT2D eigenvalue weighted by molar-refractivity contribution is 6.39. The third-order valence-corrected chi connectivity index (χ3v) is 11.0. The van der Waals surface area contributed by atoms with Crippen molar-refractivity contribution in [2.24, 2.45) is 0 Å². The maximum Gasteiger partial charge on any atom is 0.166 e. The summed E-state index contributed by atoms with van der Waals surface area (Å²) in [5, 5.41) is 11.9. The third-order valence-electron chi connectivity index (χ3n) is 11.0. The van der Waals surface area contributed by atoms with Gasteiger partial charge >= 0.3 is 0 Å². The van der Waals surface area contributed by atoms with Gasteiger partial charge in [-0.2, -0.15) is 0 Å². The average Bonchev–Trinajstić information content (AvgIpc) is 3.79. The molecule has 3 heterocycles. The molecule has 0 aliphatic heterocycles. The monoisotopic (exact) mass is 688 g/mol. The van der Waals surface area contributed by atoms with E-state index in [4.69, 9.17) is 19.4 Å². The van der Waals surface area contributed by atoms with Crippen LogP contribution in [0.2, 0.25) is 0 Å². The van der Waals surface area contributed by atoms with Crippen LogP contribution in [0.15, 0.2) is 174 Å². The van der Waals surface area contributed by atoms with E-state index in [0.29, 0.717) is 17.5 Å². The largest absolute Gasteiger partial charge is 0.456 e. The highest BCUT2D eigenvalue weighted by Gasteiger charge is 2.26. The minimum Gasteiger partial charge on any atom is -0.456 e. The first-order chi connectivity index (χ1) is 26.8. The second kappa shape index (κ2) is 11.1. The summed E-state index contributed by atoms with van der Waals surface area (Å²) in [6.45, 7) is 0. The molecule has 0 saturated carbocycles. The van der Waals surface area contributed by atoms with Gasteiger partial charge in [-0.15, -0.1) is 0 Å². The predicted octanol–water partition coefficient (Wildman–Crippen LogP) is 12.8. The molecule has 9 aromatic carbocycles. The molecule has 5 heteroatoms. The summed E-state index contributed by atoms with van der Waals surface area (Å²) in [4.78, 5) is 15.7. The summed E-state index contributed by atoms with van der Waals surface area (Å²) in [5.74, 6) is 1.81. The van der Waals surface area contributed by atoms with E-state index in [1.807, 2.05) is 48.5 Å². The van der Waals surface area contributed by atoms with Crippen LogP contribution < -0.4 is 0 Å². The number of nitrogens with zero attached hydrogens (tertiary/aromatic N) is 4. The summed E-state index contributed by atoms with van der Waals surface area (Å²) in [6, 6.07) is 59.5. The first-order valence-corrected chi connectivity index (χ1v) is 18.2. The molecule has 3 aromatic heterocycles. The van der Waals surface area contributed by atoms with E-state index in [1.54, 1.807) is 0 Å². The minimum atomic E-state index is 0.584. The summed E-state index contributed by atoms with van der Waals surface area (Å²) in [6.07, 6.45) is 0. The SMILES string of the molecule is c1ccc(-c2nc(-c3ccccc3)nc(-c3c(-n4c5cccc6c7ccccc7c7c8ccccc8cc4c7c65)ccc4oc5ccccc5c34)n2)cc1. The Hall–Kier alpha value is -7.37. The lowest BCUT2D eigenvalue weighted by molar-refractivity contribution is 0.669. The number of hydrogen-bond acceptors (Lipinski definition) is 4. The molecule has 54 heavy (non-hydrogen) atoms. The van der Waals surface area contributed by atoms with Crippen molar-refractivity contribution in [1.29, 1.82) is 0 Å². The highest BCUT2D eigenvalue weighted by atomic mass is 16.3. The van der Waals surface area contributed by atoms with E-state index in [2.05, 4.69) is 126 Å². The van der Waals surface area contributed by atoms with Crippen LogP contribution in [0.5, 0.6) is 0 Å². The van der Waals surface area contributed by atoms with Crippen LogP contribution in [0.3, 0.4) is 0 Å². The Morgan fingerprint density at radius 3 is 1.72 bits per heavy atom. The third kappa shape index (κ3) is 4.06. The fraction of sp³-hybridized carbons (Fsp3) is 0. The fourth-order valence-corrected chi connectivity index (χ4v) is 8.72. The molecule has 0 N–H and O–H groups in total. The molecule has 0 atom stereocenters. The maximum atomic E-state index is 6.56. The van der Waals surface area contributed by atoms with Gasteiger partial charge in [-0.05, 0) is 57.3 Å². The van der Waals surface area contributed by atoms with Crippen LogP contribution >= 0.6 is 0 Å². The smallest absolute Gasteiger partial charge is 0.166 e. The zero-order valence-corrected chi connectivity index (χ0v) is 28.9. The molecule has 0 radical (unpaired) electrons. The number of rotatable bonds is 4. The van der Waals surface area contributed by atoms with Crippen LogP contribution in [-0.4, -0.2) is 19.5 Å². The minimum absolute atomic E-state index is 0.584. The molecule has 0 bridgehead atoms. The first kappa shape index (κ1) is 29.2. The number of para-hydroxylation sites is 1. The van der Waals surface area contributed by atoms with Crippen molar-refractivity contribution in [3.63, 3.8) is 0 Å². The van der Waals surface area contributed by atoms with Gasteiger partial charge in [-0.3, -0.25) is 0 Å². The van der Waals surface area contributed by atoms with Gasteiger partial charge in [0.05, 0.1) is 22.3 Å². The second-order valence-corrected chi connectivity index (χ2v) is 13.9. The van der Waals surface area contributed by atoms with E-state index < -0.39 is 0 Å². The van der Waals surface area contributed by atoms with Crippen LogP contribution in [-0.2, 0) is 0 Å². The standard InChI is InChI=1S/C49H28N4O/c1-3-14-29(15-4-1)47-50-48(30-16-5-2-6-17-30)52-49(51-47)46-38(26-27-41-44(46)36-22-11-12-25-40(36)54-41)53-37-24-13-23-35-33-20-9-10-21-34(33)42-32-19-8-7-18-31(32)28-39(53)45(42)43(35)37/h1-28H. The molecule has 5 nitrogen and oxygen atoms in total. The summed E-state index contributed by atoms with van der Waals surface area (Å²) in [5.41, 5.74) is 7.57. The Balaban J connectivity index is 1.29. The molecule has 0 aliphatic rings. The quantitative estimate of drug-likeness (QED) is 0.173. The van der Waals surface area contributed by atoms with Crippen LogP contribution in [0.4, 0.5) is 0 Å². The molecule has 0 saturated heterocycles. The van der Waals surface area contributed by atoms with E-state index in [9.17, 15) is 0 Å². The topological polar surface area (TPSA) is 56.7 Å². The van der Waals surface area contributed by atoms with Crippen molar-refractivity contribution in [2.75, 3.05) is 0 Å². The van der Waals surface area contributed by atoms with Crippen molar-refractivity contribution < 1.29 is 4.42 Å². The molecular formula is C49H28N4O. The zero-order chi connectivity index (χ0) is 35.3. The Morgan fingerprint density at radius 2 is 0.963 bits per heavy atom. The van der Waals surface area contributed by atoms with Gasteiger partial charge in [0.2, 0.25) is 0 Å². The van der Waals surface area contributed by atoms with Gasteiger partial charge in [0.1, 0.15) is 11.2 Å². The van der Waals surface area contributed by atoms with Crippen LogP contribution in [0, 0.1) is 0 Å². The van der Waals surface area contributed by atoms with E-state index >= 15 is 0 Å². The van der Waals surface area contributed by atoms with E-state index in [1.165, 1.54) is 43.1 Å². The van der Waals surface area contributed by atoms with Crippen molar-refractivity contribution in [1.82, 2.24) is 19.5 Å². The zero-order valence-electron chi connectivity index (χ0n) is 28.9. The van der Waals surface area contributed by atoms with Gasteiger partial charge in [-0.25, -0.2) is 15.0 Å². The van der Waals surface area contributed by atoms with E-state index in [-0.39, 0.29) is 0 Å². The number of aromatic nitrogens is 4. The number of furan rings is 1.